The molecule has 0 N–H and O–H groups in total. The van der Waals surface area contributed by atoms with E-state index in [9.17, 15) is 4.79 Å². The van der Waals surface area contributed by atoms with Crippen LogP contribution in [-0.2, 0) is 4.79 Å². The quantitative estimate of drug-likeness (QED) is 0.544. The first kappa shape index (κ1) is 15.7. The van der Waals surface area contributed by atoms with E-state index in [2.05, 4.69) is 25.7 Å². The van der Waals surface area contributed by atoms with Gasteiger partial charge in [0, 0.05) is 5.54 Å². The Hall–Kier alpha value is -0.370. The van der Waals surface area contributed by atoms with Gasteiger partial charge >= 0.3 is 0 Å². The van der Waals surface area contributed by atoms with Crippen molar-refractivity contribution in [1.82, 2.24) is 4.90 Å². The Morgan fingerprint density at radius 1 is 0.944 bits per heavy atom. The number of Topliss-reactive ketones (excluding diaryl/α,β-unsaturated/α-hetero) is 1. The van der Waals surface area contributed by atoms with Crippen molar-refractivity contribution in [1.29, 1.82) is 0 Å². The fourth-order valence-electron chi connectivity index (χ4n) is 2.87. The van der Waals surface area contributed by atoms with E-state index in [4.69, 9.17) is 0 Å². The normalized spacial score (nSPS) is 19.6. The van der Waals surface area contributed by atoms with E-state index < -0.39 is 0 Å². The van der Waals surface area contributed by atoms with Gasteiger partial charge < -0.3 is 0 Å². The molecule has 1 unspecified atom stereocenters. The van der Waals surface area contributed by atoms with E-state index in [-0.39, 0.29) is 5.54 Å². The highest BCUT2D eigenvalue weighted by molar-refractivity contribution is 5.87. The molecule has 0 amide bonds. The third kappa shape index (κ3) is 4.72. The van der Waals surface area contributed by atoms with E-state index >= 15 is 0 Å². The second kappa shape index (κ2) is 7.93. The molecule has 0 bridgehead atoms. The summed E-state index contributed by atoms with van der Waals surface area (Å²) in [5.41, 5.74) is 0.288. The van der Waals surface area contributed by atoms with Crippen molar-refractivity contribution < 1.29 is 4.79 Å². The number of likely N-dealkylation sites (tertiary alicyclic amines) is 1. The molecule has 2 heteroatoms. The van der Waals surface area contributed by atoms with Crippen LogP contribution in [0.4, 0.5) is 0 Å². The summed E-state index contributed by atoms with van der Waals surface area (Å²) in [5.74, 6) is 0.420. The third-order valence-electron chi connectivity index (χ3n) is 4.39. The Morgan fingerprint density at radius 2 is 1.50 bits per heavy atom. The maximum atomic E-state index is 11.2. The van der Waals surface area contributed by atoms with Crippen molar-refractivity contribution >= 4 is 5.78 Å². The van der Waals surface area contributed by atoms with Crippen LogP contribution in [0.1, 0.15) is 78.6 Å². The van der Waals surface area contributed by atoms with Gasteiger partial charge in [0.05, 0.1) is 13.1 Å². The van der Waals surface area contributed by atoms with Crippen LogP contribution in [-0.4, -0.2) is 29.3 Å². The van der Waals surface area contributed by atoms with Crippen LogP contribution in [0.2, 0.25) is 0 Å². The topological polar surface area (TPSA) is 20.3 Å². The average Bonchev–Trinajstić information content (AvgIpc) is 2.32. The first-order valence-corrected chi connectivity index (χ1v) is 7.89. The smallest absolute Gasteiger partial charge is 0.160 e. The van der Waals surface area contributed by atoms with Gasteiger partial charge in [0.1, 0.15) is 0 Å². The Labute approximate surface area is 113 Å². The lowest BCUT2D eigenvalue weighted by molar-refractivity contribution is -0.135. The summed E-state index contributed by atoms with van der Waals surface area (Å²) >= 11 is 0. The van der Waals surface area contributed by atoms with Gasteiger partial charge in [-0.25, -0.2) is 0 Å². The first-order valence-electron chi connectivity index (χ1n) is 7.89. The second-order valence-corrected chi connectivity index (χ2v) is 6.16. The molecular weight excluding hydrogens is 222 g/mol. The highest BCUT2D eigenvalue weighted by Crippen LogP contribution is 2.31. The summed E-state index contributed by atoms with van der Waals surface area (Å²) < 4.78 is 0. The Kier molecular flexibility index (Phi) is 6.91. The number of rotatable bonds is 10. The maximum Gasteiger partial charge on any atom is 0.160 e. The molecule has 106 valence electrons. The number of carbonyl (C=O) groups excluding carboxylic acids is 1. The van der Waals surface area contributed by atoms with Gasteiger partial charge in [0.15, 0.2) is 5.78 Å². The van der Waals surface area contributed by atoms with Gasteiger partial charge in [-0.3, -0.25) is 9.69 Å². The molecule has 1 aliphatic rings. The van der Waals surface area contributed by atoms with Crippen LogP contribution in [0, 0.1) is 0 Å². The first-order chi connectivity index (χ1) is 8.62. The lowest BCUT2D eigenvalue weighted by atomic mass is 9.84. The molecule has 0 aromatic carbocycles. The number of hydrogen-bond donors (Lipinski definition) is 0. The molecule has 0 aromatic rings. The summed E-state index contributed by atoms with van der Waals surface area (Å²) in [6.07, 6.45) is 11.8. The molecule has 1 atom stereocenters. The van der Waals surface area contributed by atoms with E-state index in [0.717, 1.165) is 0 Å². The molecule has 1 aliphatic heterocycles. The zero-order valence-corrected chi connectivity index (χ0v) is 12.6. The summed E-state index contributed by atoms with van der Waals surface area (Å²) in [6.45, 7) is 8.29. The van der Waals surface area contributed by atoms with Gasteiger partial charge in [-0.2, -0.15) is 0 Å². The van der Waals surface area contributed by atoms with Gasteiger partial charge in [-0.05, 0) is 19.8 Å². The van der Waals surface area contributed by atoms with Crippen molar-refractivity contribution in [2.24, 2.45) is 0 Å². The highest BCUT2D eigenvalue weighted by Gasteiger charge is 2.38. The van der Waals surface area contributed by atoms with Crippen molar-refractivity contribution in [2.75, 3.05) is 13.1 Å². The van der Waals surface area contributed by atoms with Crippen molar-refractivity contribution in [2.45, 2.75) is 84.1 Å². The number of nitrogens with zero attached hydrogens (tertiary/aromatic N) is 1. The predicted molar refractivity (Wildman–Crippen MR) is 77.9 cm³/mol. The standard InChI is InChI=1S/C16H31NO/c1-4-6-8-9-10-12-16(3,11-7-5-2)17-13-15(18)14-17/h4-14H2,1-3H3. The van der Waals surface area contributed by atoms with Crippen LogP contribution in [0.3, 0.4) is 0 Å². The molecule has 2 nitrogen and oxygen atoms in total. The van der Waals surface area contributed by atoms with E-state index in [1.165, 1.54) is 57.8 Å². The predicted octanol–water partition coefficient (Wildman–Crippen LogP) is 4.18. The van der Waals surface area contributed by atoms with Gasteiger partial charge in [-0.15, -0.1) is 0 Å². The molecule has 0 aliphatic carbocycles. The van der Waals surface area contributed by atoms with Crippen LogP contribution < -0.4 is 0 Å². The average molecular weight is 253 g/mol. The number of ketones is 1. The van der Waals surface area contributed by atoms with Crippen LogP contribution >= 0.6 is 0 Å². The molecule has 0 spiro atoms. The molecular formula is C16H31NO. The molecule has 1 fully saturated rings. The fraction of sp³-hybridized carbons (Fsp3) is 0.938. The summed E-state index contributed by atoms with van der Waals surface area (Å²) in [7, 11) is 0. The molecule has 18 heavy (non-hydrogen) atoms. The summed E-state index contributed by atoms with van der Waals surface area (Å²) in [4.78, 5) is 13.6. The lowest BCUT2D eigenvalue weighted by Gasteiger charge is -2.46. The van der Waals surface area contributed by atoms with Crippen LogP contribution in [0.25, 0.3) is 0 Å². The molecule has 0 radical (unpaired) electrons. The fourth-order valence-corrected chi connectivity index (χ4v) is 2.87. The van der Waals surface area contributed by atoms with E-state index in [1.807, 2.05) is 0 Å². The van der Waals surface area contributed by atoms with Gasteiger partial charge in [0.25, 0.3) is 0 Å². The minimum absolute atomic E-state index is 0.288. The molecule has 1 heterocycles. The monoisotopic (exact) mass is 253 g/mol. The zero-order valence-electron chi connectivity index (χ0n) is 12.6. The van der Waals surface area contributed by atoms with Crippen molar-refractivity contribution in [3.8, 4) is 0 Å². The summed E-state index contributed by atoms with van der Waals surface area (Å²) in [5, 5.41) is 0. The van der Waals surface area contributed by atoms with Crippen LogP contribution in [0.15, 0.2) is 0 Å². The molecule has 1 saturated heterocycles. The highest BCUT2D eigenvalue weighted by atomic mass is 16.1. The van der Waals surface area contributed by atoms with Gasteiger partial charge in [0.2, 0.25) is 0 Å². The molecule has 1 rings (SSSR count). The van der Waals surface area contributed by atoms with E-state index in [1.54, 1.807) is 0 Å². The largest absolute Gasteiger partial charge is 0.297 e. The van der Waals surface area contributed by atoms with E-state index in [0.29, 0.717) is 18.9 Å². The summed E-state index contributed by atoms with van der Waals surface area (Å²) in [6, 6.07) is 0. The number of hydrogen-bond acceptors (Lipinski definition) is 2. The van der Waals surface area contributed by atoms with Crippen molar-refractivity contribution in [3.05, 3.63) is 0 Å². The minimum atomic E-state index is 0.288. The SMILES string of the molecule is CCCCCCCC(C)(CCCC)N1CC(=O)C1. The Bertz CT molecular complexity index is 243. The van der Waals surface area contributed by atoms with Crippen LogP contribution in [0.5, 0.6) is 0 Å². The molecule has 0 aromatic heterocycles. The molecule has 0 saturated carbocycles. The Balaban J connectivity index is 2.32. The number of unbranched alkanes of at least 4 members (excludes halogenated alkanes) is 5. The maximum absolute atomic E-state index is 11.2. The lowest BCUT2D eigenvalue weighted by Crippen LogP contribution is -2.59. The van der Waals surface area contributed by atoms with Gasteiger partial charge in [-0.1, -0.05) is 58.8 Å². The second-order valence-electron chi connectivity index (χ2n) is 6.16. The zero-order chi connectivity index (χ0) is 13.4. The minimum Gasteiger partial charge on any atom is -0.297 e. The number of carbonyl (C=O) groups is 1. The van der Waals surface area contributed by atoms with Crippen molar-refractivity contribution in [3.63, 3.8) is 0 Å². The Morgan fingerprint density at radius 3 is 2.06 bits per heavy atom. The third-order valence-corrected chi connectivity index (χ3v) is 4.39.